The van der Waals surface area contributed by atoms with Gasteiger partial charge in [-0.2, -0.15) is 0 Å². The Kier molecular flexibility index (Phi) is 4.03. The first-order valence-electron chi connectivity index (χ1n) is 6.53. The number of amides is 1. The minimum atomic E-state index is -0.982. The van der Waals surface area contributed by atoms with E-state index in [1.54, 1.807) is 19.1 Å². The van der Waals surface area contributed by atoms with E-state index in [2.05, 4.69) is 0 Å². The Balaban J connectivity index is 2.33. The number of fused-ring (bicyclic) bond motifs is 1. The van der Waals surface area contributed by atoms with Crippen molar-refractivity contribution >= 4 is 22.6 Å². The fourth-order valence-electron chi connectivity index (χ4n) is 2.28. The van der Waals surface area contributed by atoms with Crippen LogP contribution >= 0.6 is 0 Å². The van der Waals surface area contributed by atoms with Gasteiger partial charge < -0.3 is 10.0 Å². The van der Waals surface area contributed by atoms with Gasteiger partial charge in [0.25, 0.3) is 5.91 Å². The van der Waals surface area contributed by atoms with E-state index in [9.17, 15) is 9.59 Å². The molecule has 0 saturated heterocycles. The van der Waals surface area contributed by atoms with Gasteiger partial charge in [0.15, 0.2) is 0 Å². The van der Waals surface area contributed by atoms with E-state index >= 15 is 0 Å². The van der Waals surface area contributed by atoms with E-state index < -0.39 is 12.0 Å². The molecule has 4 heteroatoms. The fourth-order valence-corrected chi connectivity index (χ4v) is 2.28. The number of aliphatic carboxylic acids is 1. The summed E-state index contributed by atoms with van der Waals surface area (Å²) in [7, 11) is 1.53. The lowest BCUT2D eigenvalue weighted by molar-refractivity contribution is -0.142. The number of benzene rings is 2. The second-order valence-corrected chi connectivity index (χ2v) is 4.74. The molecule has 0 aliphatic rings. The normalized spacial score (nSPS) is 12.1. The maximum Gasteiger partial charge on any atom is 0.326 e. The van der Waals surface area contributed by atoms with E-state index in [1.807, 2.05) is 30.3 Å². The zero-order chi connectivity index (χ0) is 14.7. The zero-order valence-corrected chi connectivity index (χ0v) is 11.5. The molecule has 0 radical (unpaired) electrons. The van der Waals surface area contributed by atoms with E-state index in [4.69, 9.17) is 5.11 Å². The molecule has 2 aromatic rings. The van der Waals surface area contributed by atoms with Crippen molar-refractivity contribution in [2.45, 2.75) is 19.4 Å². The Hall–Kier alpha value is -2.36. The molecular weight excluding hydrogens is 254 g/mol. The summed E-state index contributed by atoms with van der Waals surface area (Å²) in [5, 5.41) is 11.1. The van der Waals surface area contributed by atoms with Crippen molar-refractivity contribution in [3.05, 3.63) is 48.0 Å². The first-order valence-corrected chi connectivity index (χ1v) is 6.53. The van der Waals surface area contributed by atoms with Crippen LogP contribution in [-0.2, 0) is 4.79 Å². The van der Waals surface area contributed by atoms with Gasteiger partial charge >= 0.3 is 5.97 Å². The molecule has 0 saturated carbocycles. The quantitative estimate of drug-likeness (QED) is 0.930. The molecule has 1 unspecified atom stereocenters. The molecule has 0 aromatic heterocycles. The Morgan fingerprint density at radius 1 is 1.15 bits per heavy atom. The molecule has 104 valence electrons. The van der Waals surface area contributed by atoms with Gasteiger partial charge in [-0.15, -0.1) is 0 Å². The van der Waals surface area contributed by atoms with Gasteiger partial charge in [-0.05, 0) is 29.3 Å². The monoisotopic (exact) mass is 271 g/mol. The van der Waals surface area contributed by atoms with Gasteiger partial charge in [-0.25, -0.2) is 4.79 Å². The maximum absolute atomic E-state index is 12.4. The molecule has 4 nitrogen and oxygen atoms in total. The third-order valence-electron chi connectivity index (χ3n) is 3.46. The number of carbonyl (C=O) groups excluding carboxylic acids is 1. The third-order valence-corrected chi connectivity index (χ3v) is 3.46. The predicted molar refractivity (Wildman–Crippen MR) is 77.8 cm³/mol. The Labute approximate surface area is 117 Å². The third kappa shape index (κ3) is 2.64. The van der Waals surface area contributed by atoms with Crippen LogP contribution in [0.2, 0.25) is 0 Å². The maximum atomic E-state index is 12.4. The van der Waals surface area contributed by atoms with Crippen LogP contribution in [0.3, 0.4) is 0 Å². The Morgan fingerprint density at radius 3 is 2.40 bits per heavy atom. The average Bonchev–Trinajstić information content (AvgIpc) is 2.46. The number of hydrogen-bond donors (Lipinski definition) is 1. The van der Waals surface area contributed by atoms with Gasteiger partial charge in [0.2, 0.25) is 0 Å². The molecule has 0 bridgehead atoms. The number of hydrogen-bond acceptors (Lipinski definition) is 2. The fraction of sp³-hybridized carbons (Fsp3) is 0.250. The van der Waals surface area contributed by atoms with Crippen LogP contribution in [-0.4, -0.2) is 35.0 Å². The minimum Gasteiger partial charge on any atom is -0.480 e. The van der Waals surface area contributed by atoms with E-state index in [-0.39, 0.29) is 5.91 Å². The lowest BCUT2D eigenvalue weighted by atomic mass is 10.1. The lowest BCUT2D eigenvalue weighted by Gasteiger charge is -2.23. The summed E-state index contributed by atoms with van der Waals surface area (Å²) in [4.78, 5) is 24.8. The van der Waals surface area contributed by atoms with Gasteiger partial charge in [0.1, 0.15) is 6.04 Å². The molecule has 0 heterocycles. The van der Waals surface area contributed by atoms with Crippen LogP contribution in [0.5, 0.6) is 0 Å². The summed E-state index contributed by atoms with van der Waals surface area (Å²) in [6, 6.07) is 12.4. The van der Waals surface area contributed by atoms with Crippen LogP contribution in [0.4, 0.5) is 0 Å². The number of rotatable bonds is 4. The molecule has 1 amide bonds. The number of carboxylic acids is 1. The number of likely N-dealkylation sites (N-methyl/N-ethyl adjacent to an activating group) is 1. The van der Waals surface area contributed by atoms with Crippen molar-refractivity contribution < 1.29 is 14.7 Å². The van der Waals surface area contributed by atoms with E-state index in [0.29, 0.717) is 12.0 Å². The SMILES string of the molecule is CCC(C(=O)O)N(C)C(=O)c1ccc2ccccc2c1. The molecule has 0 spiro atoms. The van der Waals surface area contributed by atoms with Crippen molar-refractivity contribution in [2.24, 2.45) is 0 Å². The second kappa shape index (κ2) is 5.74. The second-order valence-electron chi connectivity index (χ2n) is 4.74. The van der Waals surface area contributed by atoms with E-state index in [0.717, 1.165) is 10.8 Å². The summed E-state index contributed by atoms with van der Waals surface area (Å²) in [5.41, 5.74) is 0.505. The lowest BCUT2D eigenvalue weighted by Crippen LogP contribution is -2.41. The Bertz CT molecular complexity index is 651. The van der Waals surface area contributed by atoms with Crippen LogP contribution in [0, 0.1) is 0 Å². The molecule has 0 aliphatic carbocycles. The largest absolute Gasteiger partial charge is 0.480 e. The topological polar surface area (TPSA) is 57.6 Å². The van der Waals surface area contributed by atoms with Crippen LogP contribution in [0.15, 0.2) is 42.5 Å². The van der Waals surface area contributed by atoms with E-state index in [1.165, 1.54) is 11.9 Å². The molecule has 1 N–H and O–H groups in total. The highest BCUT2D eigenvalue weighted by Gasteiger charge is 2.25. The van der Waals surface area contributed by atoms with Crippen molar-refractivity contribution in [3.8, 4) is 0 Å². The minimum absolute atomic E-state index is 0.273. The molecule has 20 heavy (non-hydrogen) atoms. The summed E-state index contributed by atoms with van der Waals surface area (Å²) < 4.78 is 0. The highest BCUT2D eigenvalue weighted by Crippen LogP contribution is 2.17. The van der Waals surface area contributed by atoms with Crippen molar-refractivity contribution in [1.29, 1.82) is 0 Å². The zero-order valence-electron chi connectivity index (χ0n) is 11.5. The predicted octanol–water partition coefficient (Wildman–Crippen LogP) is 2.78. The van der Waals surface area contributed by atoms with Gasteiger partial charge in [-0.3, -0.25) is 4.79 Å². The van der Waals surface area contributed by atoms with Crippen molar-refractivity contribution in [3.63, 3.8) is 0 Å². The smallest absolute Gasteiger partial charge is 0.326 e. The summed E-state index contributed by atoms with van der Waals surface area (Å²) in [6.45, 7) is 1.75. The highest BCUT2D eigenvalue weighted by atomic mass is 16.4. The van der Waals surface area contributed by atoms with Gasteiger partial charge in [-0.1, -0.05) is 37.3 Å². The molecule has 0 fully saturated rings. The van der Waals surface area contributed by atoms with Gasteiger partial charge in [0, 0.05) is 12.6 Å². The van der Waals surface area contributed by atoms with Crippen LogP contribution in [0.25, 0.3) is 10.8 Å². The average molecular weight is 271 g/mol. The molecule has 2 aromatic carbocycles. The molecule has 0 aliphatic heterocycles. The van der Waals surface area contributed by atoms with Crippen molar-refractivity contribution in [2.75, 3.05) is 7.05 Å². The van der Waals surface area contributed by atoms with Gasteiger partial charge in [0.05, 0.1) is 0 Å². The highest BCUT2D eigenvalue weighted by molar-refractivity contribution is 6.00. The number of nitrogens with zero attached hydrogens (tertiary/aromatic N) is 1. The first kappa shape index (κ1) is 14.1. The summed E-state index contributed by atoms with van der Waals surface area (Å²) >= 11 is 0. The standard InChI is InChI=1S/C16H17NO3/c1-3-14(16(19)20)17(2)15(18)13-9-8-11-6-4-5-7-12(11)10-13/h4-10,14H,3H2,1-2H3,(H,19,20). The molecular formula is C16H17NO3. The number of carbonyl (C=O) groups is 2. The molecule has 1 atom stereocenters. The number of carboxylic acid groups (broad SMARTS) is 1. The first-order chi connectivity index (χ1) is 9.54. The van der Waals surface area contributed by atoms with Crippen molar-refractivity contribution in [1.82, 2.24) is 4.90 Å². The Morgan fingerprint density at radius 2 is 1.80 bits per heavy atom. The molecule has 2 rings (SSSR count). The summed E-state index contributed by atoms with van der Waals surface area (Å²) in [5.74, 6) is -1.26. The summed E-state index contributed by atoms with van der Waals surface area (Å²) in [6.07, 6.45) is 0.380. The van der Waals surface area contributed by atoms with Crippen LogP contribution < -0.4 is 0 Å². The van der Waals surface area contributed by atoms with Crippen LogP contribution in [0.1, 0.15) is 23.7 Å².